The van der Waals surface area contributed by atoms with Crippen molar-refractivity contribution in [1.82, 2.24) is 0 Å². The Kier molecular flexibility index (Phi) is 1.10. The molecule has 0 aromatic heterocycles. The number of ether oxygens (including phenoxy) is 1. The number of hydrogen-bond acceptors (Lipinski definition) is 1. The van der Waals surface area contributed by atoms with Gasteiger partial charge < -0.3 is 4.74 Å². The van der Waals surface area contributed by atoms with Crippen molar-refractivity contribution < 1.29 is 4.74 Å². The van der Waals surface area contributed by atoms with Crippen LogP contribution in [-0.4, -0.2) is 17.0 Å². The van der Waals surface area contributed by atoms with Crippen molar-refractivity contribution in [2.45, 2.75) is 36.3 Å². The molecule has 0 amide bonds. The lowest BCUT2D eigenvalue weighted by Gasteiger charge is -2.29. The summed E-state index contributed by atoms with van der Waals surface area (Å²) in [5.74, 6) is 4.05. The van der Waals surface area contributed by atoms with Crippen LogP contribution in [0, 0.1) is 23.7 Å². The molecule has 7 atom stereocenters. The van der Waals surface area contributed by atoms with E-state index < -0.39 is 0 Å². The highest BCUT2D eigenvalue weighted by Gasteiger charge is 2.66. The average molecular weight is 229 g/mol. The van der Waals surface area contributed by atoms with Gasteiger partial charge in [0.15, 0.2) is 0 Å². The van der Waals surface area contributed by atoms with E-state index in [4.69, 9.17) is 4.74 Å². The fourth-order valence-corrected chi connectivity index (χ4v) is 5.28. The molecule has 1 nitrogen and oxygen atoms in total. The Hall–Kier alpha value is 0.440. The minimum absolute atomic E-state index is 0.697. The third-order valence-electron chi connectivity index (χ3n) is 4.67. The van der Waals surface area contributed by atoms with Gasteiger partial charge in [0.05, 0.1) is 12.2 Å². The van der Waals surface area contributed by atoms with Crippen molar-refractivity contribution in [3.63, 3.8) is 0 Å². The zero-order chi connectivity index (χ0) is 7.87. The fourth-order valence-electron chi connectivity index (χ4n) is 4.23. The highest BCUT2D eigenvalue weighted by Crippen LogP contribution is 2.65. The van der Waals surface area contributed by atoms with E-state index in [1.54, 1.807) is 0 Å². The number of halogens is 1. The molecule has 0 aromatic rings. The van der Waals surface area contributed by atoms with Crippen LogP contribution in [0.1, 0.15) is 19.3 Å². The van der Waals surface area contributed by atoms with Gasteiger partial charge in [-0.3, -0.25) is 0 Å². The van der Waals surface area contributed by atoms with Crippen LogP contribution in [-0.2, 0) is 4.74 Å². The summed E-state index contributed by atoms with van der Waals surface area (Å²) in [4.78, 5) is 0.826. The molecule has 3 saturated carbocycles. The van der Waals surface area contributed by atoms with Crippen LogP contribution in [0.25, 0.3) is 0 Å². The van der Waals surface area contributed by atoms with E-state index in [0.717, 1.165) is 28.5 Å². The minimum atomic E-state index is 0.697. The molecule has 3 aliphatic carbocycles. The van der Waals surface area contributed by atoms with E-state index in [1.165, 1.54) is 19.3 Å². The van der Waals surface area contributed by atoms with Crippen LogP contribution in [0.5, 0.6) is 0 Å². The standard InChI is InChI=1S/C10H13BrO/c11-7-2-4-1-6(7)9-5(4)3-8-10(9)12-8/h4-10H,1-3H2/t4-,5-,6-,7+,8-,9+,10+/m1/s1. The summed E-state index contributed by atoms with van der Waals surface area (Å²) >= 11 is 3.82. The third kappa shape index (κ3) is 0.630. The van der Waals surface area contributed by atoms with E-state index in [2.05, 4.69) is 15.9 Å². The number of rotatable bonds is 0. The lowest BCUT2D eigenvalue weighted by Crippen LogP contribution is -2.28. The van der Waals surface area contributed by atoms with Crippen molar-refractivity contribution in [2.75, 3.05) is 0 Å². The van der Waals surface area contributed by atoms with Crippen LogP contribution < -0.4 is 0 Å². The topological polar surface area (TPSA) is 12.5 Å². The molecule has 0 unspecified atom stereocenters. The van der Waals surface area contributed by atoms with Crippen LogP contribution in [0.4, 0.5) is 0 Å². The van der Waals surface area contributed by atoms with Gasteiger partial charge in [0.25, 0.3) is 0 Å². The molecule has 4 aliphatic rings. The molecule has 1 heterocycles. The highest BCUT2D eigenvalue weighted by molar-refractivity contribution is 9.09. The monoisotopic (exact) mass is 228 g/mol. The van der Waals surface area contributed by atoms with E-state index in [1.807, 2.05) is 0 Å². The molecule has 0 N–H and O–H groups in total. The molecule has 2 heteroatoms. The van der Waals surface area contributed by atoms with Crippen LogP contribution >= 0.6 is 15.9 Å². The van der Waals surface area contributed by atoms with Crippen molar-refractivity contribution in [1.29, 1.82) is 0 Å². The number of hydrogen-bond donors (Lipinski definition) is 0. The first kappa shape index (κ1) is 6.83. The van der Waals surface area contributed by atoms with Gasteiger partial charge in [0.2, 0.25) is 0 Å². The lowest BCUT2D eigenvalue weighted by atomic mass is 9.81. The lowest BCUT2D eigenvalue weighted by molar-refractivity contribution is 0.151. The molecule has 1 saturated heterocycles. The second-order valence-electron chi connectivity index (χ2n) is 5.03. The summed E-state index contributed by atoms with van der Waals surface area (Å²) in [6, 6.07) is 0. The molecule has 0 spiro atoms. The van der Waals surface area contributed by atoms with Crippen molar-refractivity contribution in [3.05, 3.63) is 0 Å². The molecular formula is C10H13BrO. The Morgan fingerprint density at radius 2 is 2.00 bits per heavy atom. The SMILES string of the molecule is Br[C@H]1C[C@H]2C[C@H]1[C@@H]1[C@@H]2C[C@H]2O[C@H]12. The van der Waals surface area contributed by atoms with E-state index >= 15 is 0 Å². The zero-order valence-corrected chi connectivity index (χ0v) is 8.53. The molecule has 1 aliphatic heterocycles. The third-order valence-corrected chi connectivity index (χ3v) is 5.72. The van der Waals surface area contributed by atoms with E-state index in [-0.39, 0.29) is 0 Å². The summed E-state index contributed by atoms with van der Waals surface area (Å²) in [7, 11) is 0. The molecule has 12 heavy (non-hydrogen) atoms. The second-order valence-corrected chi connectivity index (χ2v) is 6.20. The maximum atomic E-state index is 5.65. The predicted molar refractivity (Wildman–Crippen MR) is 49.2 cm³/mol. The summed E-state index contributed by atoms with van der Waals surface area (Å²) in [5, 5.41) is 0. The number of fused-ring (bicyclic) bond motifs is 7. The average Bonchev–Trinajstić information content (AvgIpc) is 2.42. The summed E-state index contributed by atoms with van der Waals surface area (Å²) in [5.41, 5.74) is 0. The smallest absolute Gasteiger partial charge is 0.0875 e. The van der Waals surface area contributed by atoms with Crippen molar-refractivity contribution >= 4 is 15.9 Å². The van der Waals surface area contributed by atoms with Crippen LogP contribution in [0.15, 0.2) is 0 Å². The Labute approximate surface area is 81.0 Å². The van der Waals surface area contributed by atoms with Crippen molar-refractivity contribution in [3.8, 4) is 0 Å². The van der Waals surface area contributed by atoms with Gasteiger partial charge in [-0.2, -0.15) is 0 Å². The first-order valence-electron chi connectivity index (χ1n) is 5.14. The fraction of sp³-hybridized carbons (Fsp3) is 1.00. The molecule has 2 bridgehead atoms. The molecule has 4 rings (SSSR count). The predicted octanol–water partition coefficient (Wildman–Crippen LogP) is 2.19. The first-order chi connectivity index (χ1) is 5.84. The molecule has 4 fully saturated rings. The van der Waals surface area contributed by atoms with E-state index in [9.17, 15) is 0 Å². The van der Waals surface area contributed by atoms with Crippen LogP contribution in [0.3, 0.4) is 0 Å². The van der Waals surface area contributed by atoms with Crippen molar-refractivity contribution in [2.24, 2.45) is 23.7 Å². The quantitative estimate of drug-likeness (QED) is 0.458. The summed E-state index contributed by atoms with van der Waals surface area (Å²) < 4.78 is 5.65. The van der Waals surface area contributed by atoms with E-state index in [0.29, 0.717) is 12.2 Å². The Morgan fingerprint density at radius 3 is 2.92 bits per heavy atom. The zero-order valence-electron chi connectivity index (χ0n) is 6.95. The number of epoxide rings is 1. The Morgan fingerprint density at radius 1 is 1.08 bits per heavy atom. The van der Waals surface area contributed by atoms with Gasteiger partial charge in [0.1, 0.15) is 0 Å². The molecule has 66 valence electrons. The minimum Gasteiger partial charge on any atom is -0.369 e. The Bertz CT molecular complexity index is 242. The highest BCUT2D eigenvalue weighted by atomic mass is 79.9. The van der Waals surface area contributed by atoms with Crippen LogP contribution in [0.2, 0.25) is 0 Å². The Balaban J connectivity index is 1.74. The molecule has 0 radical (unpaired) electrons. The summed E-state index contributed by atoms with van der Waals surface area (Å²) in [6.07, 6.45) is 5.74. The maximum absolute atomic E-state index is 5.65. The maximum Gasteiger partial charge on any atom is 0.0875 e. The second kappa shape index (κ2) is 1.93. The van der Waals surface area contributed by atoms with Gasteiger partial charge in [-0.25, -0.2) is 0 Å². The van der Waals surface area contributed by atoms with Gasteiger partial charge in [-0.1, -0.05) is 15.9 Å². The normalized spacial score (nSPS) is 71.2. The van der Waals surface area contributed by atoms with Gasteiger partial charge in [-0.15, -0.1) is 0 Å². The molecular weight excluding hydrogens is 216 g/mol. The summed E-state index contributed by atoms with van der Waals surface area (Å²) in [6.45, 7) is 0. The number of alkyl halides is 1. The largest absolute Gasteiger partial charge is 0.369 e. The van der Waals surface area contributed by atoms with Gasteiger partial charge in [-0.05, 0) is 42.9 Å². The van der Waals surface area contributed by atoms with Gasteiger partial charge >= 0.3 is 0 Å². The van der Waals surface area contributed by atoms with Gasteiger partial charge in [0, 0.05) is 4.83 Å². The molecule has 0 aromatic carbocycles. The first-order valence-corrected chi connectivity index (χ1v) is 6.05.